The van der Waals surface area contributed by atoms with Crippen LogP contribution < -0.4 is 5.32 Å². The largest absolute Gasteiger partial charge is 0.480 e. The fraction of sp³-hybridized carbons (Fsp3) is 0.562. The fourth-order valence-electron chi connectivity index (χ4n) is 3.10. The Bertz CT molecular complexity index is 458. The lowest BCUT2D eigenvalue weighted by molar-refractivity contribution is -0.144. The Kier molecular flexibility index (Phi) is 4.13. The maximum atomic E-state index is 11.8. The minimum absolute atomic E-state index is 0.516. The first-order valence-electron chi connectivity index (χ1n) is 7.14. The molecule has 0 amide bonds. The summed E-state index contributed by atoms with van der Waals surface area (Å²) in [6.45, 7) is 4.17. The number of nitrogens with one attached hydrogen (secondary N) is 1. The molecule has 2 N–H and O–H groups in total. The van der Waals surface area contributed by atoms with Gasteiger partial charge in [-0.05, 0) is 43.4 Å². The quantitative estimate of drug-likeness (QED) is 0.866. The van der Waals surface area contributed by atoms with Gasteiger partial charge in [0.1, 0.15) is 5.54 Å². The van der Waals surface area contributed by atoms with Gasteiger partial charge in [-0.15, -0.1) is 0 Å². The van der Waals surface area contributed by atoms with E-state index in [-0.39, 0.29) is 0 Å². The van der Waals surface area contributed by atoms with Gasteiger partial charge < -0.3 is 10.4 Å². The highest BCUT2D eigenvalue weighted by molar-refractivity contribution is 5.83. The average Bonchev–Trinajstić information content (AvgIpc) is 2.38. The van der Waals surface area contributed by atoms with E-state index in [1.807, 2.05) is 31.2 Å². The van der Waals surface area contributed by atoms with Crippen LogP contribution in [0.25, 0.3) is 0 Å². The number of carbonyl (C=O) groups is 1. The van der Waals surface area contributed by atoms with Gasteiger partial charge in [-0.2, -0.15) is 0 Å². The molecule has 2 rings (SSSR count). The molecule has 1 aliphatic rings. The van der Waals surface area contributed by atoms with E-state index >= 15 is 0 Å². The topological polar surface area (TPSA) is 49.3 Å². The van der Waals surface area contributed by atoms with Crippen LogP contribution in [-0.2, 0) is 4.79 Å². The summed E-state index contributed by atoms with van der Waals surface area (Å²) in [6, 6.07) is 7.95. The lowest BCUT2D eigenvalue weighted by atomic mass is 9.74. The minimum Gasteiger partial charge on any atom is -0.480 e. The van der Waals surface area contributed by atoms with Crippen LogP contribution in [0.1, 0.15) is 44.6 Å². The first-order valence-corrected chi connectivity index (χ1v) is 7.14. The zero-order valence-electron chi connectivity index (χ0n) is 11.8. The normalized spacial score (nSPS) is 26.9. The van der Waals surface area contributed by atoms with Crippen LogP contribution in [0, 0.1) is 12.8 Å². The summed E-state index contributed by atoms with van der Waals surface area (Å²) in [5.74, 6) is -0.200. The van der Waals surface area contributed by atoms with Crippen LogP contribution >= 0.6 is 0 Å². The summed E-state index contributed by atoms with van der Waals surface area (Å²) in [6.07, 6.45) is 4.65. The summed E-state index contributed by atoms with van der Waals surface area (Å²) in [5.41, 5.74) is 1.28. The molecular formula is C16H23NO2. The van der Waals surface area contributed by atoms with Crippen LogP contribution in [0.3, 0.4) is 0 Å². The molecule has 19 heavy (non-hydrogen) atoms. The maximum absolute atomic E-state index is 11.8. The number of aliphatic carboxylic acids is 1. The van der Waals surface area contributed by atoms with Crippen LogP contribution in [0.15, 0.2) is 24.3 Å². The Balaban J connectivity index is 2.22. The van der Waals surface area contributed by atoms with Gasteiger partial charge >= 0.3 is 5.97 Å². The molecule has 1 aromatic rings. The molecule has 0 heterocycles. The molecule has 0 saturated heterocycles. The molecule has 1 saturated carbocycles. The summed E-state index contributed by atoms with van der Waals surface area (Å²) >= 11 is 0. The van der Waals surface area contributed by atoms with Gasteiger partial charge in [-0.25, -0.2) is 4.79 Å². The molecular weight excluding hydrogens is 238 g/mol. The molecule has 1 fully saturated rings. The summed E-state index contributed by atoms with van der Waals surface area (Å²) in [4.78, 5) is 11.8. The Morgan fingerprint density at radius 3 is 2.95 bits per heavy atom. The van der Waals surface area contributed by atoms with Crippen LogP contribution in [-0.4, -0.2) is 16.6 Å². The molecule has 0 bridgehead atoms. The van der Waals surface area contributed by atoms with Gasteiger partial charge in [0.05, 0.1) is 0 Å². The highest BCUT2D eigenvalue weighted by atomic mass is 16.4. The van der Waals surface area contributed by atoms with Crippen molar-refractivity contribution in [1.82, 2.24) is 0 Å². The molecule has 2 atom stereocenters. The molecule has 2 unspecified atom stereocenters. The van der Waals surface area contributed by atoms with Gasteiger partial charge in [-0.3, -0.25) is 0 Å². The highest BCUT2D eigenvalue weighted by Gasteiger charge is 2.42. The second-order valence-corrected chi connectivity index (χ2v) is 5.75. The summed E-state index contributed by atoms with van der Waals surface area (Å²) < 4.78 is 0. The van der Waals surface area contributed by atoms with Crippen molar-refractivity contribution < 1.29 is 9.90 Å². The third kappa shape index (κ3) is 3.09. The van der Waals surface area contributed by atoms with Gasteiger partial charge in [0.25, 0.3) is 0 Å². The molecule has 0 radical (unpaired) electrons. The maximum Gasteiger partial charge on any atom is 0.329 e. The second-order valence-electron chi connectivity index (χ2n) is 5.75. The number of carboxylic acids is 1. The predicted molar refractivity (Wildman–Crippen MR) is 77.4 cm³/mol. The Labute approximate surface area is 115 Å². The minimum atomic E-state index is -0.785. The Morgan fingerprint density at radius 1 is 1.53 bits per heavy atom. The molecule has 3 heteroatoms. The van der Waals surface area contributed by atoms with Crippen LogP contribution in [0.4, 0.5) is 5.69 Å². The number of rotatable bonds is 4. The van der Waals surface area contributed by atoms with Crippen molar-refractivity contribution in [2.24, 2.45) is 5.92 Å². The van der Waals surface area contributed by atoms with E-state index in [9.17, 15) is 9.90 Å². The number of hydrogen-bond donors (Lipinski definition) is 2. The number of carboxylic acid groups (broad SMARTS) is 1. The van der Waals surface area contributed by atoms with Crippen molar-refractivity contribution in [1.29, 1.82) is 0 Å². The monoisotopic (exact) mass is 261 g/mol. The number of benzene rings is 1. The molecule has 1 aromatic carbocycles. The van der Waals surface area contributed by atoms with E-state index in [1.165, 1.54) is 0 Å². The molecule has 1 aliphatic carbocycles. The van der Waals surface area contributed by atoms with Crippen molar-refractivity contribution in [3.8, 4) is 0 Å². The van der Waals surface area contributed by atoms with Gasteiger partial charge in [0, 0.05) is 5.69 Å². The van der Waals surface area contributed by atoms with E-state index in [0.29, 0.717) is 12.3 Å². The predicted octanol–water partition coefficient (Wildman–Crippen LogP) is 3.83. The Morgan fingerprint density at radius 2 is 2.32 bits per heavy atom. The van der Waals surface area contributed by atoms with Crippen molar-refractivity contribution in [2.75, 3.05) is 5.32 Å². The molecule has 0 aromatic heterocycles. The highest BCUT2D eigenvalue weighted by Crippen LogP contribution is 2.37. The third-order valence-electron chi connectivity index (χ3n) is 4.24. The molecule has 0 spiro atoms. The van der Waals surface area contributed by atoms with Crippen molar-refractivity contribution in [3.63, 3.8) is 0 Å². The summed E-state index contributed by atoms with van der Waals surface area (Å²) in [7, 11) is 0. The standard InChI is InChI=1S/C16H23NO2/c1-3-13-7-5-9-16(11-13,15(18)19)17-14-8-4-6-12(2)10-14/h4,6,8,10,13,17H,3,5,7,9,11H2,1-2H3,(H,18,19). The molecule has 0 aliphatic heterocycles. The zero-order valence-corrected chi connectivity index (χ0v) is 11.8. The lowest BCUT2D eigenvalue weighted by Gasteiger charge is -2.38. The van der Waals surface area contributed by atoms with Gasteiger partial charge in [0.2, 0.25) is 0 Å². The van der Waals surface area contributed by atoms with E-state index < -0.39 is 11.5 Å². The molecule has 3 nitrogen and oxygen atoms in total. The third-order valence-corrected chi connectivity index (χ3v) is 4.24. The molecule has 104 valence electrons. The van der Waals surface area contributed by atoms with E-state index in [1.54, 1.807) is 0 Å². The number of anilines is 1. The van der Waals surface area contributed by atoms with Crippen LogP contribution in [0.2, 0.25) is 0 Å². The van der Waals surface area contributed by atoms with Gasteiger partial charge in [-0.1, -0.05) is 38.3 Å². The SMILES string of the molecule is CCC1CCCC(Nc2cccc(C)c2)(C(=O)O)C1. The van der Waals surface area contributed by atoms with Crippen molar-refractivity contribution in [2.45, 2.75) is 51.5 Å². The van der Waals surface area contributed by atoms with Crippen molar-refractivity contribution in [3.05, 3.63) is 29.8 Å². The second kappa shape index (κ2) is 5.64. The Hall–Kier alpha value is -1.51. The number of hydrogen-bond acceptors (Lipinski definition) is 2. The lowest BCUT2D eigenvalue weighted by Crippen LogP contribution is -2.49. The zero-order chi connectivity index (χ0) is 13.9. The smallest absolute Gasteiger partial charge is 0.329 e. The summed E-state index contributed by atoms with van der Waals surface area (Å²) in [5, 5.41) is 13.0. The average molecular weight is 261 g/mol. The fourth-order valence-corrected chi connectivity index (χ4v) is 3.10. The number of aryl methyl sites for hydroxylation is 1. The van der Waals surface area contributed by atoms with Gasteiger partial charge in [0.15, 0.2) is 0 Å². The van der Waals surface area contributed by atoms with E-state index in [4.69, 9.17) is 0 Å². The van der Waals surface area contributed by atoms with Crippen LogP contribution in [0.5, 0.6) is 0 Å². The van der Waals surface area contributed by atoms with E-state index in [0.717, 1.165) is 36.9 Å². The van der Waals surface area contributed by atoms with Crippen molar-refractivity contribution >= 4 is 11.7 Å². The first-order chi connectivity index (χ1) is 9.05. The van der Waals surface area contributed by atoms with E-state index in [2.05, 4.69) is 12.2 Å². The first kappa shape index (κ1) is 13.9.